The number of nitrogens with one attached hydrogen (secondary N) is 1. The van der Waals surface area contributed by atoms with Gasteiger partial charge >= 0.3 is 6.09 Å². The van der Waals surface area contributed by atoms with Gasteiger partial charge in [-0.1, -0.05) is 13.3 Å². The molecule has 1 aliphatic rings. The van der Waals surface area contributed by atoms with Crippen molar-refractivity contribution in [2.75, 3.05) is 5.73 Å². The van der Waals surface area contributed by atoms with E-state index in [0.717, 1.165) is 0 Å². The molecule has 0 bridgehead atoms. The van der Waals surface area contributed by atoms with E-state index in [9.17, 15) is 25.0 Å². The van der Waals surface area contributed by atoms with Crippen molar-refractivity contribution in [1.82, 2.24) is 25.0 Å². The van der Waals surface area contributed by atoms with E-state index in [1.54, 1.807) is 6.92 Å². The summed E-state index contributed by atoms with van der Waals surface area (Å²) in [6.45, 7) is 1.78. The van der Waals surface area contributed by atoms with Crippen LogP contribution in [0.25, 0.3) is 11.2 Å². The van der Waals surface area contributed by atoms with Crippen molar-refractivity contribution in [3.63, 3.8) is 0 Å². The first-order chi connectivity index (χ1) is 14.3. The number of carbonyl (C=O) groups excluding carboxylic acids is 2. The molecular weight excluding hydrogens is 402 g/mol. The minimum atomic E-state index is -1.69. The summed E-state index contributed by atoms with van der Waals surface area (Å²) in [5.74, 6) is -0.679. The van der Waals surface area contributed by atoms with Crippen LogP contribution in [-0.2, 0) is 14.3 Å². The molecule has 0 aliphatic carbocycles. The lowest BCUT2D eigenvalue weighted by Crippen LogP contribution is -2.52. The summed E-state index contributed by atoms with van der Waals surface area (Å²) in [6, 6.07) is -1.10. The number of primary amides is 1. The van der Waals surface area contributed by atoms with Crippen LogP contribution in [0.2, 0.25) is 0 Å². The van der Waals surface area contributed by atoms with Crippen LogP contribution in [-0.4, -0.2) is 77.3 Å². The zero-order chi connectivity index (χ0) is 22.0. The van der Waals surface area contributed by atoms with Gasteiger partial charge in [-0.3, -0.25) is 9.36 Å². The molecule has 2 aromatic rings. The number of fused-ring (bicyclic) bond motifs is 1. The van der Waals surface area contributed by atoms with Crippen molar-refractivity contribution in [3.05, 3.63) is 12.7 Å². The van der Waals surface area contributed by atoms with E-state index in [1.807, 2.05) is 5.48 Å². The van der Waals surface area contributed by atoms with Crippen molar-refractivity contribution in [2.45, 2.75) is 56.5 Å². The Kier molecular flexibility index (Phi) is 6.42. The minimum Gasteiger partial charge on any atom is -0.435 e. The average Bonchev–Trinajstić information content (AvgIpc) is 3.26. The number of rotatable bonds is 8. The van der Waals surface area contributed by atoms with Gasteiger partial charge in [0.25, 0.3) is 0 Å². The number of ether oxygens (including phenoxy) is 2. The van der Waals surface area contributed by atoms with E-state index >= 15 is 0 Å². The fourth-order valence-electron chi connectivity index (χ4n) is 3.39. The fourth-order valence-corrected chi connectivity index (χ4v) is 3.39. The van der Waals surface area contributed by atoms with Gasteiger partial charge in [-0.15, -0.1) is 0 Å². The van der Waals surface area contributed by atoms with Crippen LogP contribution in [0.1, 0.15) is 26.0 Å². The summed E-state index contributed by atoms with van der Waals surface area (Å²) in [7, 11) is 0. The second-order valence-electron chi connectivity index (χ2n) is 6.79. The number of hydroxylamine groups is 1. The molecule has 3 heterocycles. The molecule has 0 radical (unpaired) electrons. The number of aliphatic hydroxyl groups is 2. The zero-order valence-electron chi connectivity index (χ0n) is 16.0. The lowest BCUT2D eigenvalue weighted by Gasteiger charge is -2.26. The second kappa shape index (κ2) is 8.85. The fraction of sp³-hybridized carbons (Fsp3) is 0.562. The Bertz CT molecular complexity index is 922. The predicted octanol–water partition coefficient (Wildman–Crippen LogP) is -1.79. The smallest absolute Gasteiger partial charge is 0.405 e. The maximum Gasteiger partial charge on any atom is 0.405 e. The highest BCUT2D eigenvalue weighted by Gasteiger charge is 2.51. The van der Waals surface area contributed by atoms with Crippen molar-refractivity contribution in [1.29, 1.82) is 0 Å². The zero-order valence-corrected chi connectivity index (χ0v) is 16.0. The third-order valence-electron chi connectivity index (χ3n) is 4.84. The Balaban J connectivity index is 1.93. The predicted molar refractivity (Wildman–Crippen MR) is 98.7 cm³/mol. The summed E-state index contributed by atoms with van der Waals surface area (Å²) in [4.78, 5) is 36.1. The molecule has 8 N–H and O–H groups in total. The average molecular weight is 425 g/mol. The largest absolute Gasteiger partial charge is 0.435 e. The normalized spacial score (nSPS) is 25.9. The topological polar surface area (TPSA) is 221 Å². The molecular formula is C16H23N7O7. The number of hydrogen-bond donors (Lipinski definition) is 6. The van der Waals surface area contributed by atoms with E-state index in [2.05, 4.69) is 15.0 Å². The van der Waals surface area contributed by atoms with Crippen LogP contribution < -0.4 is 16.9 Å². The number of Topliss-reactive ketones (excluding diaryl/α,β-unsaturated/α-hetero) is 1. The van der Waals surface area contributed by atoms with Gasteiger partial charge < -0.3 is 36.4 Å². The Morgan fingerprint density at radius 1 is 1.33 bits per heavy atom. The minimum absolute atomic E-state index is 0.102. The van der Waals surface area contributed by atoms with Crippen LogP contribution in [0.4, 0.5) is 10.6 Å². The summed E-state index contributed by atoms with van der Waals surface area (Å²) >= 11 is 0. The first-order valence-corrected chi connectivity index (χ1v) is 9.14. The highest BCUT2D eigenvalue weighted by atomic mass is 16.6. The van der Waals surface area contributed by atoms with Crippen molar-refractivity contribution < 1.29 is 34.5 Å². The second-order valence-corrected chi connectivity index (χ2v) is 6.79. The standard InChI is InChI=1S/C16H23N7O7/c1-2-3-6(22-28)8(24)11(30-16(18)27)12-9(25)10(26)15(29-12)23-5-21-7-13(17)19-4-20-14(7)23/h4-6,9-12,15,22,25-26,28H,2-3H2,1H3,(H2,18,27)(H2,17,19,20)/t6-,9-,10+,11?,12-,15+/m0/s1. The summed E-state index contributed by atoms with van der Waals surface area (Å²) < 4.78 is 11.9. The van der Waals surface area contributed by atoms with Gasteiger partial charge in [0.05, 0.1) is 12.4 Å². The molecule has 30 heavy (non-hydrogen) atoms. The number of nitrogens with two attached hydrogens (primary N) is 2. The number of amides is 1. The monoisotopic (exact) mass is 425 g/mol. The molecule has 164 valence electrons. The lowest BCUT2D eigenvalue weighted by molar-refractivity contribution is -0.146. The number of nitrogens with zero attached hydrogens (tertiary/aromatic N) is 4. The van der Waals surface area contributed by atoms with Gasteiger partial charge in [-0.25, -0.2) is 19.7 Å². The maximum atomic E-state index is 12.8. The van der Waals surface area contributed by atoms with E-state index in [1.165, 1.54) is 17.2 Å². The Morgan fingerprint density at radius 3 is 2.70 bits per heavy atom. The van der Waals surface area contributed by atoms with Gasteiger partial charge in [0.1, 0.15) is 30.2 Å². The number of aliphatic hydroxyl groups excluding tert-OH is 2. The van der Waals surface area contributed by atoms with E-state index in [-0.39, 0.29) is 23.4 Å². The number of aromatic nitrogens is 4. The van der Waals surface area contributed by atoms with Crippen molar-refractivity contribution in [3.8, 4) is 0 Å². The highest BCUT2D eigenvalue weighted by molar-refractivity contribution is 5.90. The number of carbonyl (C=O) groups is 2. The molecule has 14 nitrogen and oxygen atoms in total. The molecule has 1 aliphatic heterocycles. The van der Waals surface area contributed by atoms with Crippen LogP contribution in [0.3, 0.4) is 0 Å². The molecule has 1 unspecified atom stereocenters. The summed E-state index contributed by atoms with van der Waals surface area (Å²) in [5, 5.41) is 30.4. The first kappa shape index (κ1) is 21.8. The lowest BCUT2D eigenvalue weighted by atomic mass is 9.96. The third-order valence-corrected chi connectivity index (χ3v) is 4.84. The van der Waals surface area contributed by atoms with Crippen LogP contribution in [0.15, 0.2) is 12.7 Å². The van der Waals surface area contributed by atoms with Gasteiger partial charge in [-0.2, -0.15) is 5.48 Å². The van der Waals surface area contributed by atoms with E-state index in [0.29, 0.717) is 6.42 Å². The van der Waals surface area contributed by atoms with Crippen LogP contribution in [0, 0.1) is 0 Å². The van der Waals surface area contributed by atoms with Gasteiger partial charge in [0.2, 0.25) is 0 Å². The summed E-state index contributed by atoms with van der Waals surface area (Å²) in [6.07, 6.45) is -5.66. The van der Waals surface area contributed by atoms with E-state index < -0.39 is 48.6 Å². The number of nitrogen functional groups attached to an aromatic ring is 1. The number of hydrogen-bond acceptors (Lipinski definition) is 12. The SMILES string of the molecule is CCC[C@H](NO)C(=O)C(OC(N)=O)[C@H]1O[C@@H](n2cnc3c(N)ncnc32)[C@H](O)[C@@H]1O. The Labute approximate surface area is 169 Å². The molecule has 1 saturated heterocycles. The maximum absolute atomic E-state index is 12.8. The van der Waals surface area contributed by atoms with Crippen molar-refractivity contribution in [2.24, 2.45) is 5.73 Å². The first-order valence-electron chi connectivity index (χ1n) is 9.14. The molecule has 0 spiro atoms. The molecule has 0 aromatic carbocycles. The van der Waals surface area contributed by atoms with Crippen molar-refractivity contribution >= 4 is 28.9 Å². The highest BCUT2D eigenvalue weighted by Crippen LogP contribution is 2.34. The molecule has 6 atom stereocenters. The number of ketones is 1. The molecule has 3 rings (SSSR count). The number of anilines is 1. The van der Waals surface area contributed by atoms with Gasteiger partial charge in [0, 0.05) is 0 Å². The Morgan fingerprint density at radius 2 is 2.07 bits per heavy atom. The molecule has 1 fully saturated rings. The molecule has 0 saturated carbocycles. The summed E-state index contributed by atoms with van der Waals surface area (Å²) in [5.41, 5.74) is 13.1. The number of imidazole rings is 1. The molecule has 1 amide bonds. The Hall–Kier alpha value is -2.91. The van der Waals surface area contributed by atoms with Gasteiger partial charge in [0.15, 0.2) is 29.6 Å². The third kappa shape index (κ3) is 3.90. The van der Waals surface area contributed by atoms with E-state index in [4.69, 9.17) is 20.9 Å². The van der Waals surface area contributed by atoms with Crippen LogP contribution in [0.5, 0.6) is 0 Å². The molecule has 14 heteroatoms. The van der Waals surface area contributed by atoms with Gasteiger partial charge in [-0.05, 0) is 6.42 Å². The molecule has 2 aromatic heterocycles. The quantitative estimate of drug-likeness (QED) is 0.258. The van der Waals surface area contributed by atoms with Crippen LogP contribution >= 0.6 is 0 Å².